The predicted octanol–water partition coefficient (Wildman–Crippen LogP) is 1.91. The van der Waals surface area contributed by atoms with Gasteiger partial charge in [0.25, 0.3) is 5.91 Å². The SMILES string of the molecule is CC[C@H](CO)NC(=O)COc1cc(C)ccc1Cl. The van der Waals surface area contributed by atoms with E-state index < -0.39 is 0 Å². The molecule has 1 aromatic rings. The molecule has 4 nitrogen and oxygen atoms in total. The Morgan fingerprint density at radius 2 is 2.28 bits per heavy atom. The van der Waals surface area contributed by atoms with Crippen molar-refractivity contribution in [2.75, 3.05) is 13.2 Å². The molecule has 0 spiro atoms. The number of benzene rings is 1. The molecular formula is C13H18ClNO3. The minimum atomic E-state index is -0.270. The minimum absolute atomic E-state index is 0.0760. The summed E-state index contributed by atoms with van der Waals surface area (Å²) in [6.45, 7) is 3.62. The Hall–Kier alpha value is -1.26. The highest BCUT2D eigenvalue weighted by Crippen LogP contribution is 2.24. The van der Waals surface area contributed by atoms with Crippen LogP contribution in [0.5, 0.6) is 5.75 Å². The lowest BCUT2D eigenvalue weighted by Crippen LogP contribution is -2.39. The molecule has 0 aliphatic carbocycles. The summed E-state index contributed by atoms with van der Waals surface area (Å²) < 4.78 is 5.34. The van der Waals surface area contributed by atoms with Crippen LogP contribution in [0.1, 0.15) is 18.9 Å². The Kier molecular flexibility index (Phi) is 5.95. The van der Waals surface area contributed by atoms with E-state index in [0.717, 1.165) is 5.56 Å². The lowest BCUT2D eigenvalue weighted by molar-refractivity contribution is -0.124. The maximum atomic E-state index is 11.6. The molecule has 1 aromatic carbocycles. The number of carbonyl (C=O) groups excluding carboxylic acids is 1. The van der Waals surface area contributed by atoms with Crippen molar-refractivity contribution in [3.05, 3.63) is 28.8 Å². The second-order valence-corrected chi connectivity index (χ2v) is 4.49. The van der Waals surface area contributed by atoms with E-state index >= 15 is 0 Å². The smallest absolute Gasteiger partial charge is 0.258 e. The van der Waals surface area contributed by atoms with Gasteiger partial charge in [-0.3, -0.25) is 4.79 Å². The Balaban J connectivity index is 2.49. The Labute approximate surface area is 112 Å². The van der Waals surface area contributed by atoms with Crippen molar-refractivity contribution >= 4 is 17.5 Å². The lowest BCUT2D eigenvalue weighted by Gasteiger charge is -2.14. The van der Waals surface area contributed by atoms with Crippen molar-refractivity contribution < 1.29 is 14.6 Å². The molecule has 5 heteroatoms. The van der Waals surface area contributed by atoms with Gasteiger partial charge in [0.15, 0.2) is 6.61 Å². The highest BCUT2D eigenvalue weighted by atomic mass is 35.5. The number of ether oxygens (including phenoxy) is 1. The molecule has 100 valence electrons. The molecular weight excluding hydrogens is 254 g/mol. The van der Waals surface area contributed by atoms with Gasteiger partial charge in [-0.25, -0.2) is 0 Å². The normalized spacial score (nSPS) is 12.0. The average Bonchev–Trinajstić information content (AvgIpc) is 2.37. The van der Waals surface area contributed by atoms with Crippen molar-refractivity contribution in [2.45, 2.75) is 26.3 Å². The van der Waals surface area contributed by atoms with Crippen LogP contribution in [0.25, 0.3) is 0 Å². The van der Waals surface area contributed by atoms with Gasteiger partial charge < -0.3 is 15.2 Å². The van der Waals surface area contributed by atoms with E-state index in [1.54, 1.807) is 12.1 Å². The largest absolute Gasteiger partial charge is 0.482 e. The molecule has 0 aliphatic rings. The Morgan fingerprint density at radius 1 is 1.56 bits per heavy atom. The van der Waals surface area contributed by atoms with Gasteiger partial charge in [0.05, 0.1) is 17.7 Å². The summed E-state index contributed by atoms with van der Waals surface area (Å²) in [5.74, 6) is 0.220. The van der Waals surface area contributed by atoms with Gasteiger partial charge in [-0.15, -0.1) is 0 Å². The van der Waals surface area contributed by atoms with Gasteiger partial charge >= 0.3 is 0 Å². The van der Waals surface area contributed by atoms with Gasteiger partial charge in [-0.1, -0.05) is 24.6 Å². The molecule has 0 saturated heterocycles. The highest BCUT2D eigenvalue weighted by molar-refractivity contribution is 6.32. The first-order chi connectivity index (χ1) is 8.56. The summed E-state index contributed by atoms with van der Waals surface area (Å²) in [5.41, 5.74) is 1.01. The van der Waals surface area contributed by atoms with Gasteiger partial charge in [0, 0.05) is 0 Å². The molecule has 0 aromatic heterocycles. The van der Waals surface area contributed by atoms with Crippen molar-refractivity contribution in [1.29, 1.82) is 0 Å². The second-order valence-electron chi connectivity index (χ2n) is 4.08. The number of rotatable bonds is 6. The van der Waals surface area contributed by atoms with Crippen LogP contribution in [-0.2, 0) is 4.79 Å². The number of aliphatic hydroxyl groups excluding tert-OH is 1. The third kappa shape index (κ3) is 4.55. The van der Waals surface area contributed by atoms with E-state index in [1.165, 1.54) is 0 Å². The lowest BCUT2D eigenvalue weighted by atomic mass is 10.2. The van der Waals surface area contributed by atoms with E-state index in [9.17, 15) is 4.79 Å². The molecule has 0 radical (unpaired) electrons. The molecule has 1 rings (SSSR count). The first-order valence-electron chi connectivity index (χ1n) is 5.86. The molecule has 0 fully saturated rings. The highest BCUT2D eigenvalue weighted by Gasteiger charge is 2.10. The summed E-state index contributed by atoms with van der Waals surface area (Å²) >= 11 is 5.94. The van der Waals surface area contributed by atoms with Crippen LogP contribution < -0.4 is 10.1 Å². The second kappa shape index (κ2) is 7.24. The van der Waals surface area contributed by atoms with Gasteiger partial charge in [0.1, 0.15) is 5.75 Å². The molecule has 2 N–H and O–H groups in total. The quantitative estimate of drug-likeness (QED) is 0.831. The van der Waals surface area contributed by atoms with Crippen LogP contribution in [0, 0.1) is 6.92 Å². The number of carbonyl (C=O) groups is 1. The minimum Gasteiger partial charge on any atom is -0.482 e. The fourth-order valence-electron chi connectivity index (χ4n) is 1.41. The standard InChI is InChI=1S/C13H18ClNO3/c1-3-10(7-16)15-13(17)8-18-12-6-9(2)4-5-11(12)14/h4-6,10,16H,3,7-8H2,1-2H3,(H,15,17)/t10-/m1/s1. The zero-order valence-electron chi connectivity index (χ0n) is 10.6. The van der Waals surface area contributed by atoms with Crippen LogP contribution >= 0.6 is 11.6 Å². The number of aryl methyl sites for hydroxylation is 1. The first kappa shape index (κ1) is 14.8. The number of hydrogen-bond donors (Lipinski definition) is 2. The molecule has 0 unspecified atom stereocenters. The Morgan fingerprint density at radius 3 is 2.89 bits per heavy atom. The van der Waals surface area contributed by atoms with Crippen molar-refractivity contribution in [1.82, 2.24) is 5.32 Å². The van der Waals surface area contributed by atoms with Gasteiger partial charge in [-0.05, 0) is 31.0 Å². The first-order valence-corrected chi connectivity index (χ1v) is 6.23. The molecule has 1 amide bonds. The maximum Gasteiger partial charge on any atom is 0.258 e. The van der Waals surface area contributed by atoms with Crippen LogP contribution in [0.15, 0.2) is 18.2 Å². The van der Waals surface area contributed by atoms with E-state index in [-0.39, 0.29) is 25.2 Å². The van der Waals surface area contributed by atoms with E-state index in [4.69, 9.17) is 21.4 Å². The van der Waals surface area contributed by atoms with Crippen LogP contribution in [-0.4, -0.2) is 30.3 Å². The number of amides is 1. The maximum absolute atomic E-state index is 11.6. The Bertz CT molecular complexity index is 405. The van der Waals surface area contributed by atoms with Gasteiger partial charge in [0.2, 0.25) is 0 Å². The summed E-state index contributed by atoms with van der Waals surface area (Å²) in [6, 6.07) is 5.15. The number of halogens is 1. The average molecular weight is 272 g/mol. The zero-order valence-corrected chi connectivity index (χ0v) is 11.3. The molecule has 0 aliphatic heterocycles. The molecule has 0 heterocycles. The topological polar surface area (TPSA) is 58.6 Å². The molecule has 0 bridgehead atoms. The fourth-order valence-corrected chi connectivity index (χ4v) is 1.58. The third-order valence-electron chi connectivity index (χ3n) is 2.52. The van der Waals surface area contributed by atoms with E-state index in [1.807, 2.05) is 19.9 Å². The summed E-state index contributed by atoms with van der Waals surface area (Å²) in [7, 11) is 0. The summed E-state index contributed by atoms with van der Waals surface area (Å²) in [6.07, 6.45) is 0.674. The zero-order chi connectivity index (χ0) is 13.5. The third-order valence-corrected chi connectivity index (χ3v) is 2.84. The molecule has 18 heavy (non-hydrogen) atoms. The molecule has 1 atom stereocenters. The van der Waals surface area contributed by atoms with Crippen molar-refractivity contribution in [3.63, 3.8) is 0 Å². The van der Waals surface area contributed by atoms with Crippen LogP contribution in [0.2, 0.25) is 5.02 Å². The number of hydrogen-bond acceptors (Lipinski definition) is 3. The fraction of sp³-hybridized carbons (Fsp3) is 0.462. The van der Waals surface area contributed by atoms with E-state index in [0.29, 0.717) is 17.2 Å². The molecule has 0 saturated carbocycles. The van der Waals surface area contributed by atoms with Crippen molar-refractivity contribution in [2.24, 2.45) is 0 Å². The van der Waals surface area contributed by atoms with Gasteiger partial charge in [-0.2, -0.15) is 0 Å². The summed E-state index contributed by atoms with van der Waals surface area (Å²) in [5, 5.41) is 12.1. The monoisotopic (exact) mass is 271 g/mol. The number of nitrogens with one attached hydrogen (secondary N) is 1. The predicted molar refractivity (Wildman–Crippen MR) is 71.0 cm³/mol. The van der Waals surface area contributed by atoms with Crippen molar-refractivity contribution in [3.8, 4) is 5.75 Å². The van der Waals surface area contributed by atoms with Crippen LogP contribution in [0.3, 0.4) is 0 Å². The number of aliphatic hydroxyl groups is 1. The summed E-state index contributed by atoms with van der Waals surface area (Å²) in [4.78, 5) is 11.6. The van der Waals surface area contributed by atoms with E-state index in [2.05, 4.69) is 5.32 Å². The van der Waals surface area contributed by atoms with Crippen LogP contribution in [0.4, 0.5) is 0 Å².